The quantitative estimate of drug-likeness (QED) is 0.353. The third kappa shape index (κ3) is 5.51. The Morgan fingerprint density at radius 2 is 2.07 bits per heavy atom. The molecule has 1 aliphatic rings. The Balaban J connectivity index is 1.75. The van der Waals surface area contributed by atoms with Gasteiger partial charge in [0, 0.05) is 40.1 Å². The van der Waals surface area contributed by atoms with Crippen molar-refractivity contribution in [2.75, 3.05) is 12.1 Å². The number of nitriles is 1. The van der Waals surface area contributed by atoms with Gasteiger partial charge in [0.2, 0.25) is 0 Å². The first kappa shape index (κ1) is 22.1. The topological polar surface area (TPSA) is 65.2 Å². The van der Waals surface area contributed by atoms with Gasteiger partial charge in [0.25, 0.3) is 0 Å². The predicted molar refractivity (Wildman–Crippen MR) is 120 cm³/mol. The number of fused-ring (bicyclic) bond motifs is 1. The molecule has 0 spiro atoms. The van der Waals surface area contributed by atoms with E-state index in [4.69, 9.17) is 0 Å². The second-order valence-corrected chi connectivity index (χ2v) is 9.37. The highest BCUT2D eigenvalue weighted by Gasteiger charge is 2.31. The fraction of sp³-hybridized carbons (Fsp3) is 0.176. The summed E-state index contributed by atoms with van der Waals surface area (Å²) in [6, 6.07) is 6.81. The number of alkyl halides is 3. The van der Waals surface area contributed by atoms with Gasteiger partial charge in [0.1, 0.15) is 5.69 Å². The zero-order valence-corrected chi connectivity index (χ0v) is 19.1. The van der Waals surface area contributed by atoms with Gasteiger partial charge in [-0.2, -0.15) is 23.5 Å². The number of hydrogen-bond acceptors (Lipinski definition) is 8. The van der Waals surface area contributed by atoms with Crippen molar-refractivity contribution in [3.05, 3.63) is 46.6 Å². The molecule has 2 aromatic rings. The molecule has 0 saturated heterocycles. The van der Waals surface area contributed by atoms with E-state index in [2.05, 4.69) is 47.7 Å². The van der Waals surface area contributed by atoms with E-state index in [1.807, 2.05) is 6.07 Å². The van der Waals surface area contributed by atoms with Crippen molar-refractivity contribution in [1.29, 1.82) is 5.26 Å². The number of anilines is 1. The number of rotatable bonds is 2. The minimum absolute atomic E-state index is 0.00127. The molecule has 2 heterocycles. The summed E-state index contributed by atoms with van der Waals surface area (Å²) in [4.78, 5) is 0. The number of hydrogen-bond donors (Lipinski definition) is 0. The molecule has 5 nitrogen and oxygen atoms in total. The molecule has 29 heavy (non-hydrogen) atoms. The summed E-state index contributed by atoms with van der Waals surface area (Å²) in [7, 11) is 3.12. The molecule has 1 aromatic carbocycles. The van der Waals surface area contributed by atoms with Gasteiger partial charge in [-0.1, -0.05) is 17.8 Å². The van der Waals surface area contributed by atoms with E-state index >= 15 is 0 Å². The summed E-state index contributed by atoms with van der Waals surface area (Å²) < 4.78 is 39.1. The van der Waals surface area contributed by atoms with Crippen molar-refractivity contribution < 1.29 is 13.2 Å². The Labute approximate surface area is 189 Å². The van der Waals surface area contributed by atoms with Crippen LogP contribution in [0.5, 0.6) is 0 Å². The zero-order chi connectivity index (χ0) is 21.0. The van der Waals surface area contributed by atoms with E-state index in [1.165, 1.54) is 38.5 Å². The molecule has 1 aromatic heterocycles. The summed E-state index contributed by atoms with van der Waals surface area (Å²) in [5.41, 5.74) is 0.976. The molecule has 0 radical (unpaired) electrons. The average Bonchev–Trinajstić information content (AvgIpc) is 2.70. The smallest absolute Gasteiger partial charge is 0.264 e. The van der Waals surface area contributed by atoms with Gasteiger partial charge < -0.3 is 0 Å². The molecule has 0 unspecified atom stereocenters. The number of thioether (sulfide) groups is 2. The molecule has 0 N–H and O–H groups in total. The fourth-order valence-corrected chi connectivity index (χ4v) is 4.81. The van der Waals surface area contributed by atoms with Gasteiger partial charge in [-0.15, -0.1) is 10.2 Å². The van der Waals surface area contributed by atoms with Crippen LogP contribution in [-0.2, 0) is 11.9 Å². The van der Waals surface area contributed by atoms with Crippen LogP contribution in [0.15, 0.2) is 34.4 Å². The van der Waals surface area contributed by atoms with E-state index in [0.29, 0.717) is 26.4 Å². The number of hydrazone groups is 1. The molecule has 0 aliphatic carbocycles. The lowest BCUT2D eigenvalue weighted by Crippen LogP contribution is -2.17. The maximum absolute atomic E-state index is 12.8. The minimum Gasteiger partial charge on any atom is -0.264 e. The van der Waals surface area contributed by atoms with Crippen LogP contribution in [0.4, 0.5) is 18.9 Å². The van der Waals surface area contributed by atoms with Crippen LogP contribution in [0, 0.1) is 22.5 Å². The molecule has 0 saturated carbocycles. The number of nitrogens with zero attached hydrogens (tertiary/aromatic N) is 5. The molecular weight excluding hydrogens is 554 g/mol. The van der Waals surface area contributed by atoms with Crippen LogP contribution < -0.4 is 5.01 Å². The van der Waals surface area contributed by atoms with Crippen molar-refractivity contribution in [1.82, 2.24) is 10.2 Å². The summed E-state index contributed by atoms with van der Waals surface area (Å²) in [6.07, 6.45) is -4.48. The average molecular weight is 563 g/mol. The van der Waals surface area contributed by atoms with E-state index < -0.39 is 11.7 Å². The molecule has 148 valence electrons. The molecule has 3 rings (SSSR count). The van der Waals surface area contributed by atoms with Crippen LogP contribution in [0.1, 0.15) is 22.4 Å². The summed E-state index contributed by atoms with van der Waals surface area (Å²) >= 11 is 4.70. The van der Waals surface area contributed by atoms with Gasteiger partial charge >= 0.3 is 6.18 Å². The maximum Gasteiger partial charge on any atom is 0.416 e. The number of halogens is 4. The Hall–Kier alpha value is -1.61. The van der Waals surface area contributed by atoms with Crippen molar-refractivity contribution in [3.8, 4) is 17.2 Å². The van der Waals surface area contributed by atoms with E-state index in [1.54, 1.807) is 18.1 Å². The minimum atomic E-state index is -4.48. The van der Waals surface area contributed by atoms with Crippen molar-refractivity contribution in [3.63, 3.8) is 0 Å². The summed E-state index contributed by atoms with van der Waals surface area (Å²) in [6.45, 7) is 0. The lowest BCUT2D eigenvalue weighted by atomic mass is 10.1. The summed E-state index contributed by atoms with van der Waals surface area (Å²) in [5.74, 6) is 3.19. The van der Waals surface area contributed by atoms with Crippen LogP contribution in [0.2, 0.25) is 0 Å². The Bertz CT molecular complexity index is 1070. The number of benzene rings is 1. The second-order valence-electron chi connectivity index (χ2n) is 5.49. The van der Waals surface area contributed by atoms with Crippen molar-refractivity contribution in [2.24, 2.45) is 5.10 Å². The van der Waals surface area contributed by atoms with Crippen molar-refractivity contribution >= 4 is 63.7 Å². The number of aromatic nitrogens is 2. The zero-order valence-electron chi connectivity index (χ0n) is 14.5. The van der Waals surface area contributed by atoms with E-state index in [-0.39, 0.29) is 5.56 Å². The van der Waals surface area contributed by atoms with Crippen LogP contribution >= 0.6 is 53.7 Å². The first-order valence-corrected chi connectivity index (χ1v) is 12.9. The standard InChI is InChI=1S/C17H9F3IN5S3/c1-26-14-7-13(4-5-28-21)23-24-15(14)29-16(25-26)27-9-10-2-3-12(17(18,19)20)6-11(10)8-22/h2-3,6-7H,9H2,1H3. The Morgan fingerprint density at radius 1 is 1.28 bits per heavy atom. The molecule has 12 heteroatoms. The SMILES string of the molecule is CN1N=C(SCc2ccc(C(F)(F)F)cc2C#N)Sc2nnc(C#CSI)cc21. The van der Waals surface area contributed by atoms with Crippen LogP contribution in [0.3, 0.4) is 0 Å². The molecular formula is C17H9F3IN5S3. The highest BCUT2D eigenvalue weighted by Crippen LogP contribution is 2.38. The molecule has 0 bridgehead atoms. The Morgan fingerprint density at radius 3 is 2.76 bits per heavy atom. The molecule has 0 amide bonds. The van der Waals surface area contributed by atoms with Crippen LogP contribution in [0.25, 0.3) is 0 Å². The lowest BCUT2D eigenvalue weighted by molar-refractivity contribution is -0.137. The van der Waals surface area contributed by atoms with Crippen LogP contribution in [-0.4, -0.2) is 21.6 Å². The van der Waals surface area contributed by atoms with E-state index in [9.17, 15) is 18.4 Å². The molecule has 0 atom stereocenters. The first-order valence-electron chi connectivity index (χ1n) is 7.71. The van der Waals surface area contributed by atoms with Gasteiger partial charge in [0.05, 0.1) is 22.9 Å². The molecule has 0 fully saturated rings. The molecule has 1 aliphatic heterocycles. The predicted octanol–water partition coefficient (Wildman–Crippen LogP) is 5.51. The maximum atomic E-state index is 12.8. The van der Waals surface area contributed by atoms with Crippen molar-refractivity contribution in [2.45, 2.75) is 17.0 Å². The first-order chi connectivity index (χ1) is 13.8. The highest BCUT2D eigenvalue weighted by molar-refractivity contribution is 14.2. The third-order valence-electron chi connectivity index (χ3n) is 3.63. The Kier molecular flexibility index (Phi) is 7.21. The normalized spacial score (nSPS) is 13.1. The highest BCUT2D eigenvalue weighted by atomic mass is 127. The monoisotopic (exact) mass is 563 g/mol. The third-order valence-corrected chi connectivity index (χ3v) is 6.60. The van der Waals surface area contributed by atoms with Gasteiger partial charge in [0.15, 0.2) is 9.40 Å². The largest absolute Gasteiger partial charge is 0.416 e. The lowest BCUT2D eigenvalue weighted by Gasteiger charge is -2.22. The van der Waals surface area contributed by atoms with Gasteiger partial charge in [-0.05, 0) is 49.6 Å². The van der Waals surface area contributed by atoms with E-state index in [0.717, 1.165) is 17.8 Å². The summed E-state index contributed by atoms with van der Waals surface area (Å²) in [5, 5.41) is 27.1. The van der Waals surface area contributed by atoms with Gasteiger partial charge in [-0.25, -0.2) is 0 Å². The van der Waals surface area contributed by atoms with Gasteiger partial charge in [-0.3, -0.25) is 5.01 Å². The second kappa shape index (κ2) is 9.47. The fourth-order valence-electron chi connectivity index (χ4n) is 2.27.